The Morgan fingerprint density at radius 3 is 2.63 bits per heavy atom. The fourth-order valence-corrected chi connectivity index (χ4v) is 3.40. The van der Waals surface area contributed by atoms with Crippen molar-refractivity contribution in [3.05, 3.63) is 65.2 Å². The number of methoxy groups -OCH3 is 1. The van der Waals surface area contributed by atoms with E-state index in [-0.39, 0.29) is 6.03 Å². The average Bonchev–Trinajstić information content (AvgIpc) is 3.22. The molecule has 30 heavy (non-hydrogen) atoms. The Labute approximate surface area is 174 Å². The topological polar surface area (TPSA) is 84.7 Å². The Hall–Kier alpha value is -3.52. The van der Waals surface area contributed by atoms with Gasteiger partial charge in [0.05, 0.1) is 18.7 Å². The van der Waals surface area contributed by atoms with Gasteiger partial charge in [0.15, 0.2) is 5.65 Å². The van der Waals surface area contributed by atoms with Crippen molar-refractivity contribution in [3.63, 3.8) is 0 Å². The van der Waals surface area contributed by atoms with Crippen molar-refractivity contribution in [1.82, 2.24) is 24.9 Å². The minimum absolute atomic E-state index is 0.203. The Kier molecular flexibility index (Phi) is 5.58. The van der Waals surface area contributed by atoms with E-state index in [1.54, 1.807) is 16.5 Å². The molecule has 0 bridgehead atoms. The molecule has 2 amide bonds. The number of aryl methyl sites for hydroxylation is 2. The van der Waals surface area contributed by atoms with E-state index in [4.69, 9.17) is 4.74 Å². The summed E-state index contributed by atoms with van der Waals surface area (Å²) >= 11 is 0. The Morgan fingerprint density at radius 2 is 1.87 bits per heavy atom. The first-order chi connectivity index (χ1) is 14.5. The summed E-state index contributed by atoms with van der Waals surface area (Å²) < 4.78 is 6.94. The number of hydrogen-bond acceptors (Lipinski definition) is 5. The molecule has 0 aliphatic heterocycles. The second kappa shape index (κ2) is 8.46. The standard InChI is InChI=1S/C22H24N6O2/c1-15-4-7-19(8-5-15)23-22(29)27(10-11-30-3)14-18-13-17-12-16(2)6-9-20(17)28-21(18)24-25-26-28/h4-9,12-13H,10-11,14H2,1-3H3,(H,23,29). The largest absolute Gasteiger partial charge is 0.383 e. The molecule has 0 atom stereocenters. The lowest BCUT2D eigenvalue weighted by atomic mass is 10.1. The van der Waals surface area contributed by atoms with Gasteiger partial charge in [0.25, 0.3) is 0 Å². The van der Waals surface area contributed by atoms with E-state index in [1.807, 2.05) is 56.3 Å². The van der Waals surface area contributed by atoms with Crippen LogP contribution in [0.3, 0.4) is 0 Å². The van der Waals surface area contributed by atoms with Gasteiger partial charge in [0.2, 0.25) is 0 Å². The van der Waals surface area contributed by atoms with Crippen LogP contribution < -0.4 is 5.32 Å². The number of carbonyl (C=O) groups excluding carboxylic acids is 1. The number of benzene rings is 2. The molecule has 4 aromatic rings. The highest BCUT2D eigenvalue weighted by molar-refractivity contribution is 5.90. The van der Waals surface area contributed by atoms with Gasteiger partial charge in [0.1, 0.15) is 0 Å². The molecule has 2 aromatic carbocycles. The number of hydrogen-bond donors (Lipinski definition) is 1. The van der Waals surface area contributed by atoms with E-state index in [0.29, 0.717) is 25.3 Å². The van der Waals surface area contributed by atoms with Gasteiger partial charge < -0.3 is 15.0 Å². The van der Waals surface area contributed by atoms with E-state index in [9.17, 15) is 4.79 Å². The van der Waals surface area contributed by atoms with E-state index in [2.05, 4.69) is 26.9 Å². The highest BCUT2D eigenvalue weighted by atomic mass is 16.5. The zero-order chi connectivity index (χ0) is 21.1. The summed E-state index contributed by atoms with van der Waals surface area (Å²) in [6, 6.07) is 15.7. The molecule has 0 aliphatic rings. The van der Waals surface area contributed by atoms with Gasteiger partial charge in [-0.05, 0) is 54.6 Å². The summed E-state index contributed by atoms with van der Waals surface area (Å²) in [5.41, 5.74) is 5.46. The summed E-state index contributed by atoms with van der Waals surface area (Å²) in [5, 5.41) is 16.2. The van der Waals surface area contributed by atoms with Crippen LogP contribution in [0.25, 0.3) is 16.6 Å². The number of nitrogens with zero attached hydrogens (tertiary/aromatic N) is 5. The molecule has 0 saturated heterocycles. The highest BCUT2D eigenvalue weighted by Crippen LogP contribution is 2.22. The molecule has 0 aliphatic carbocycles. The number of nitrogens with one attached hydrogen (secondary N) is 1. The summed E-state index contributed by atoms with van der Waals surface area (Å²) in [6.45, 7) is 5.27. The van der Waals surface area contributed by atoms with E-state index in [0.717, 1.165) is 33.3 Å². The maximum Gasteiger partial charge on any atom is 0.322 e. The SMILES string of the molecule is COCCN(Cc1cc2cc(C)ccc2n2nnnc12)C(=O)Nc1ccc(C)cc1. The van der Waals surface area contributed by atoms with Gasteiger partial charge in [-0.25, -0.2) is 4.79 Å². The third kappa shape index (κ3) is 4.08. The van der Waals surface area contributed by atoms with Crippen LogP contribution in [0.4, 0.5) is 10.5 Å². The van der Waals surface area contributed by atoms with E-state index in [1.165, 1.54) is 0 Å². The molecule has 2 aromatic heterocycles. The van der Waals surface area contributed by atoms with Crippen LogP contribution in [0, 0.1) is 13.8 Å². The number of tetrazole rings is 1. The number of ether oxygens (including phenoxy) is 1. The lowest BCUT2D eigenvalue weighted by Crippen LogP contribution is -2.37. The summed E-state index contributed by atoms with van der Waals surface area (Å²) in [6.07, 6.45) is 0. The number of carbonyl (C=O) groups is 1. The molecule has 0 radical (unpaired) electrons. The lowest BCUT2D eigenvalue weighted by Gasteiger charge is -2.23. The second-order valence-electron chi connectivity index (χ2n) is 7.36. The third-order valence-corrected chi connectivity index (χ3v) is 5.01. The molecule has 0 unspecified atom stereocenters. The van der Waals surface area contributed by atoms with Crippen molar-refractivity contribution < 1.29 is 9.53 Å². The number of amides is 2. The van der Waals surface area contributed by atoms with Gasteiger partial charge in [-0.3, -0.25) is 0 Å². The molecule has 2 heterocycles. The zero-order valence-corrected chi connectivity index (χ0v) is 17.3. The number of urea groups is 1. The first kappa shape index (κ1) is 19.8. The maximum absolute atomic E-state index is 13.0. The molecule has 8 heteroatoms. The molecular formula is C22H24N6O2. The van der Waals surface area contributed by atoms with Gasteiger partial charge >= 0.3 is 6.03 Å². The van der Waals surface area contributed by atoms with Crippen LogP contribution in [0.2, 0.25) is 0 Å². The first-order valence-corrected chi connectivity index (χ1v) is 9.77. The van der Waals surface area contributed by atoms with E-state index < -0.39 is 0 Å². The maximum atomic E-state index is 13.0. The minimum Gasteiger partial charge on any atom is -0.383 e. The van der Waals surface area contributed by atoms with Gasteiger partial charge in [0, 0.05) is 30.3 Å². The van der Waals surface area contributed by atoms with Crippen molar-refractivity contribution in [3.8, 4) is 0 Å². The summed E-state index contributed by atoms with van der Waals surface area (Å²) in [4.78, 5) is 14.7. The van der Waals surface area contributed by atoms with Crippen molar-refractivity contribution in [2.75, 3.05) is 25.6 Å². The number of pyridine rings is 1. The van der Waals surface area contributed by atoms with Crippen molar-refractivity contribution in [1.29, 1.82) is 0 Å². The van der Waals surface area contributed by atoms with Crippen molar-refractivity contribution >= 4 is 28.3 Å². The Morgan fingerprint density at radius 1 is 1.10 bits per heavy atom. The smallest absolute Gasteiger partial charge is 0.322 e. The number of anilines is 1. The lowest BCUT2D eigenvalue weighted by molar-refractivity contribution is 0.153. The highest BCUT2D eigenvalue weighted by Gasteiger charge is 2.18. The predicted molar refractivity (Wildman–Crippen MR) is 116 cm³/mol. The first-order valence-electron chi connectivity index (χ1n) is 9.77. The van der Waals surface area contributed by atoms with Crippen LogP contribution >= 0.6 is 0 Å². The average molecular weight is 404 g/mol. The Bertz CT molecular complexity index is 1190. The van der Waals surface area contributed by atoms with Crippen molar-refractivity contribution in [2.24, 2.45) is 0 Å². The van der Waals surface area contributed by atoms with Gasteiger partial charge in [-0.1, -0.05) is 29.3 Å². The summed E-state index contributed by atoms with van der Waals surface area (Å²) in [5.74, 6) is 0. The fraction of sp³-hybridized carbons (Fsp3) is 0.273. The predicted octanol–water partition coefficient (Wildman–Crippen LogP) is 3.57. The number of fused-ring (bicyclic) bond motifs is 3. The van der Waals surface area contributed by atoms with Gasteiger partial charge in [-0.15, -0.1) is 5.10 Å². The number of aromatic nitrogens is 4. The zero-order valence-electron chi connectivity index (χ0n) is 17.3. The second-order valence-corrected chi connectivity index (χ2v) is 7.36. The monoisotopic (exact) mass is 404 g/mol. The molecule has 0 fully saturated rings. The molecule has 154 valence electrons. The van der Waals surface area contributed by atoms with Crippen LogP contribution in [0.5, 0.6) is 0 Å². The molecule has 8 nitrogen and oxygen atoms in total. The minimum atomic E-state index is -0.203. The van der Waals surface area contributed by atoms with Crippen molar-refractivity contribution in [2.45, 2.75) is 20.4 Å². The van der Waals surface area contributed by atoms with Crippen LogP contribution in [0.1, 0.15) is 16.7 Å². The molecule has 1 N–H and O–H groups in total. The molecule has 0 saturated carbocycles. The normalized spacial score (nSPS) is 11.2. The summed E-state index contributed by atoms with van der Waals surface area (Å²) in [7, 11) is 1.62. The quantitative estimate of drug-likeness (QED) is 0.531. The van der Waals surface area contributed by atoms with Crippen LogP contribution in [0.15, 0.2) is 48.5 Å². The Balaban J connectivity index is 1.66. The van der Waals surface area contributed by atoms with E-state index >= 15 is 0 Å². The molecule has 0 spiro atoms. The van der Waals surface area contributed by atoms with Gasteiger partial charge in [-0.2, -0.15) is 4.52 Å². The molecule has 4 rings (SSSR count). The third-order valence-electron chi connectivity index (χ3n) is 5.01. The molecular weight excluding hydrogens is 380 g/mol. The fourth-order valence-electron chi connectivity index (χ4n) is 3.40. The van der Waals surface area contributed by atoms with Crippen LogP contribution in [-0.4, -0.2) is 51.2 Å². The number of rotatable bonds is 6. The van der Waals surface area contributed by atoms with Crippen LogP contribution in [-0.2, 0) is 11.3 Å².